The van der Waals surface area contributed by atoms with Crippen LogP contribution < -0.4 is 4.74 Å². The van der Waals surface area contributed by atoms with E-state index in [-0.39, 0.29) is 22.8 Å². The molecule has 0 unspecified atom stereocenters. The van der Waals surface area contributed by atoms with Gasteiger partial charge in [-0.05, 0) is 18.6 Å². The quantitative estimate of drug-likeness (QED) is 0.653. The number of nitro groups is 1. The Kier molecular flexibility index (Phi) is 3.83. The second-order valence-corrected chi connectivity index (χ2v) is 4.07. The molecular weight excluding hydrogens is 280 g/mol. The lowest BCUT2D eigenvalue weighted by Gasteiger charge is -2.07. The molecule has 0 amide bonds. The molecule has 1 aromatic heterocycles. The van der Waals surface area contributed by atoms with Gasteiger partial charge in [-0.2, -0.15) is 0 Å². The van der Waals surface area contributed by atoms with Gasteiger partial charge in [0.15, 0.2) is 5.69 Å². The monoisotopic (exact) mass is 292 g/mol. The average Bonchev–Trinajstić information content (AvgIpc) is 2.90. The maximum absolute atomic E-state index is 11.2. The molecule has 0 bridgehead atoms. The van der Waals surface area contributed by atoms with Crippen molar-refractivity contribution in [1.82, 2.24) is 15.0 Å². The Morgan fingerprint density at radius 1 is 1.52 bits per heavy atom. The van der Waals surface area contributed by atoms with E-state index < -0.39 is 10.9 Å². The van der Waals surface area contributed by atoms with Crippen molar-refractivity contribution in [1.29, 1.82) is 0 Å². The number of carboxylic acids is 1. The highest BCUT2D eigenvalue weighted by molar-refractivity contribution is 5.86. The summed E-state index contributed by atoms with van der Waals surface area (Å²) in [5.74, 6) is -0.906. The van der Waals surface area contributed by atoms with E-state index in [0.29, 0.717) is 12.2 Å². The third-order valence-corrected chi connectivity index (χ3v) is 2.91. The molecule has 9 nitrogen and oxygen atoms in total. The summed E-state index contributed by atoms with van der Waals surface area (Å²) < 4.78 is 6.12. The molecule has 0 aliphatic rings. The van der Waals surface area contributed by atoms with Crippen molar-refractivity contribution in [3.05, 3.63) is 39.7 Å². The van der Waals surface area contributed by atoms with Crippen molar-refractivity contribution >= 4 is 11.7 Å². The number of aromatic nitrogens is 3. The maximum atomic E-state index is 11.2. The molecule has 0 radical (unpaired) electrons. The first-order chi connectivity index (χ1) is 9.99. The number of carboxylic acid groups (broad SMARTS) is 1. The standard InChI is InChI=1S/C12H12N4O5/c1-3-8-11(12(17)18)13-14-15(8)9-5-4-7(21-2)6-10(9)16(19)20/h4-6H,3H2,1-2H3,(H,17,18). The SMILES string of the molecule is CCc1c(C(=O)O)nnn1-c1ccc(OC)cc1[N+](=O)[O-]. The Morgan fingerprint density at radius 2 is 2.24 bits per heavy atom. The van der Waals surface area contributed by atoms with Crippen LogP contribution in [0.3, 0.4) is 0 Å². The molecular formula is C12H12N4O5. The molecule has 0 spiro atoms. The molecule has 0 aliphatic heterocycles. The van der Waals surface area contributed by atoms with Crippen LogP contribution in [0, 0.1) is 10.1 Å². The second kappa shape index (κ2) is 5.57. The fourth-order valence-corrected chi connectivity index (χ4v) is 1.93. The van der Waals surface area contributed by atoms with Gasteiger partial charge in [-0.1, -0.05) is 12.1 Å². The number of nitrogens with zero attached hydrogens (tertiary/aromatic N) is 4. The number of aromatic carboxylic acids is 1. The molecule has 2 rings (SSSR count). The van der Waals surface area contributed by atoms with Crippen molar-refractivity contribution in [3.8, 4) is 11.4 Å². The number of hydrogen-bond donors (Lipinski definition) is 1. The van der Waals surface area contributed by atoms with Gasteiger partial charge in [0.25, 0.3) is 5.69 Å². The van der Waals surface area contributed by atoms with E-state index in [1.807, 2.05) is 0 Å². The molecule has 0 saturated heterocycles. The largest absolute Gasteiger partial charge is 0.496 e. The summed E-state index contributed by atoms with van der Waals surface area (Å²) in [6.45, 7) is 1.72. The van der Waals surface area contributed by atoms with Crippen molar-refractivity contribution in [3.63, 3.8) is 0 Å². The molecule has 9 heteroatoms. The minimum Gasteiger partial charge on any atom is -0.496 e. The predicted octanol–water partition coefficient (Wildman–Crippen LogP) is 1.44. The van der Waals surface area contributed by atoms with Crippen molar-refractivity contribution < 1.29 is 19.6 Å². The minimum atomic E-state index is -1.23. The summed E-state index contributed by atoms with van der Waals surface area (Å²) in [5.41, 5.74) is -0.0399. The summed E-state index contributed by atoms with van der Waals surface area (Å²) >= 11 is 0. The van der Waals surface area contributed by atoms with Gasteiger partial charge >= 0.3 is 5.97 Å². The maximum Gasteiger partial charge on any atom is 0.358 e. The number of methoxy groups -OCH3 is 1. The van der Waals surface area contributed by atoms with Crippen molar-refractivity contribution in [2.45, 2.75) is 13.3 Å². The number of benzene rings is 1. The molecule has 110 valence electrons. The Morgan fingerprint density at radius 3 is 2.76 bits per heavy atom. The van der Waals surface area contributed by atoms with Gasteiger partial charge in [0, 0.05) is 0 Å². The highest BCUT2D eigenvalue weighted by atomic mass is 16.6. The first kappa shape index (κ1) is 14.4. The zero-order chi connectivity index (χ0) is 15.6. The Bertz CT molecular complexity index is 710. The summed E-state index contributed by atoms with van der Waals surface area (Å²) in [6.07, 6.45) is 0.317. The zero-order valence-electron chi connectivity index (χ0n) is 11.3. The minimum absolute atomic E-state index is 0.137. The van der Waals surface area contributed by atoms with E-state index >= 15 is 0 Å². The Hall–Kier alpha value is -2.97. The zero-order valence-corrected chi connectivity index (χ0v) is 11.3. The number of ether oxygens (including phenoxy) is 1. The molecule has 0 fully saturated rings. The molecule has 0 aliphatic carbocycles. The molecule has 1 heterocycles. The van der Waals surface area contributed by atoms with Crippen molar-refractivity contribution in [2.75, 3.05) is 7.11 Å². The number of carbonyl (C=O) groups is 1. The van der Waals surface area contributed by atoms with Gasteiger partial charge in [0.1, 0.15) is 11.4 Å². The lowest BCUT2D eigenvalue weighted by Crippen LogP contribution is -2.08. The molecule has 1 aromatic carbocycles. The van der Waals surface area contributed by atoms with Gasteiger partial charge in [-0.15, -0.1) is 5.10 Å². The summed E-state index contributed by atoms with van der Waals surface area (Å²) in [4.78, 5) is 21.7. The smallest absolute Gasteiger partial charge is 0.358 e. The van der Waals surface area contributed by atoms with E-state index in [1.54, 1.807) is 6.92 Å². The van der Waals surface area contributed by atoms with E-state index in [2.05, 4.69) is 10.3 Å². The Labute approximate surface area is 118 Å². The number of hydrogen-bond acceptors (Lipinski definition) is 6. The average molecular weight is 292 g/mol. The number of nitro benzene ring substituents is 1. The number of rotatable bonds is 5. The van der Waals surface area contributed by atoms with Crippen molar-refractivity contribution in [2.24, 2.45) is 0 Å². The van der Waals surface area contributed by atoms with E-state index in [4.69, 9.17) is 9.84 Å². The molecule has 0 saturated carbocycles. The fraction of sp³-hybridized carbons (Fsp3) is 0.250. The lowest BCUT2D eigenvalue weighted by atomic mass is 10.2. The normalized spacial score (nSPS) is 10.4. The van der Waals surface area contributed by atoms with Crippen LogP contribution in [0.2, 0.25) is 0 Å². The highest BCUT2D eigenvalue weighted by Gasteiger charge is 2.24. The van der Waals surface area contributed by atoms with Crippen LogP contribution in [0.1, 0.15) is 23.1 Å². The van der Waals surface area contributed by atoms with Crippen LogP contribution in [-0.2, 0) is 6.42 Å². The third kappa shape index (κ3) is 2.53. The first-order valence-corrected chi connectivity index (χ1v) is 6.00. The topological polar surface area (TPSA) is 120 Å². The van der Waals surface area contributed by atoms with Crippen LogP contribution in [0.4, 0.5) is 5.69 Å². The Balaban J connectivity index is 2.67. The van der Waals surface area contributed by atoms with Gasteiger partial charge in [-0.25, -0.2) is 9.48 Å². The lowest BCUT2D eigenvalue weighted by molar-refractivity contribution is -0.384. The molecule has 2 aromatic rings. The van der Waals surface area contributed by atoms with E-state index in [9.17, 15) is 14.9 Å². The van der Waals surface area contributed by atoms with Crippen LogP contribution >= 0.6 is 0 Å². The van der Waals surface area contributed by atoms with Crippen LogP contribution in [0.5, 0.6) is 5.75 Å². The van der Waals surface area contributed by atoms with E-state index in [0.717, 1.165) is 0 Å². The predicted molar refractivity (Wildman–Crippen MR) is 70.9 cm³/mol. The third-order valence-electron chi connectivity index (χ3n) is 2.91. The van der Waals surface area contributed by atoms with Gasteiger partial charge in [0.05, 0.1) is 23.8 Å². The van der Waals surface area contributed by atoms with Gasteiger partial charge < -0.3 is 9.84 Å². The second-order valence-electron chi connectivity index (χ2n) is 4.07. The summed E-state index contributed by atoms with van der Waals surface area (Å²) in [7, 11) is 1.40. The van der Waals surface area contributed by atoms with Crippen LogP contribution in [0.15, 0.2) is 18.2 Å². The molecule has 21 heavy (non-hydrogen) atoms. The van der Waals surface area contributed by atoms with E-state index in [1.165, 1.54) is 30.0 Å². The van der Waals surface area contributed by atoms with Crippen LogP contribution in [-0.4, -0.2) is 38.1 Å². The van der Waals surface area contributed by atoms with Crippen LogP contribution in [0.25, 0.3) is 5.69 Å². The van der Waals surface area contributed by atoms with Gasteiger partial charge in [-0.3, -0.25) is 10.1 Å². The first-order valence-electron chi connectivity index (χ1n) is 6.00. The fourth-order valence-electron chi connectivity index (χ4n) is 1.93. The summed E-state index contributed by atoms with van der Waals surface area (Å²) in [6, 6.07) is 4.22. The summed E-state index contributed by atoms with van der Waals surface area (Å²) in [5, 5.41) is 27.5. The molecule has 1 N–H and O–H groups in total. The highest BCUT2D eigenvalue weighted by Crippen LogP contribution is 2.28. The van der Waals surface area contributed by atoms with Gasteiger partial charge in [0.2, 0.25) is 0 Å². The molecule has 0 atom stereocenters.